The highest BCUT2D eigenvalue weighted by atomic mass is 16.3. The number of benzene rings is 8. The zero-order valence-electron chi connectivity index (χ0n) is 26.0. The molecule has 224 valence electrons. The third-order valence-corrected chi connectivity index (χ3v) is 9.66. The summed E-state index contributed by atoms with van der Waals surface area (Å²) in [6, 6.07) is 60.5. The molecule has 2 aromatic heterocycles. The highest BCUT2D eigenvalue weighted by Crippen LogP contribution is 2.38. The third kappa shape index (κ3) is 4.42. The summed E-state index contributed by atoms with van der Waals surface area (Å²) in [5.41, 5.74) is 13.1. The van der Waals surface area contributed by atoms with E-state index < -0.39 is 0 Å². The highest BCUT2D eigenvalue weighted by Gasteiger charge is 2.13. The highest BCUT2D eigenvalue weighted by molar-refractivity contribution is 6.09. The van der Waals surface area contributed by atoms with Crippen molar-refractivity contribution in [1.82, 2.24) is 0 Å². The van der Waals surface area contributed by atoms with E-state index in [9.17, 15) is 0 Å². The maximum atomic E-state index is 6.24. The number of furan rings is 2. The SMILES string of the molecule is c1ccc(-c2ccc3oc4ccc(-c5ccc6ccc(-c7ccc8oc9ccc(-c%10ccccc%10)cc9c8c7)cc6c5)cc4c3c2)cc1. The van der Waals surface area contributed by atoms with Crippen LogP contribution in [0.15, 0.2) is 179 Å². The summed E-state index contributed by atoms with van der Waals surface area (Å²) < 4.78 is 12.5. The van der Waals surface area contributed by atoms with Gasteiger partial charge in [-0.3, -0.25) is 0 Å². The maximum Gasteiger partial charge on any atom is 0.135 e. The summed E-state index contributed by atoms with van der Waals surface area (Å²) in [6.45, 7) is 0. The summed E-state index contributed by atoms with van der Waals surface area (Å²) in [5, 5.41) is 6.95. The van der Waals surface area contributed by atoms with Gasteiger partial charge in [0.1, 0.15) is 22.3 Å². The molecule has 0 amide bonds. The second-order valence-electron chi connectivity index (χ2n) is 12.6. The molecule has 0 atom stereocenters. The van der Waals surface area contributed by atoms with Gasteiger partial charge in [0.05, 0.1) is 0 Å². The Labute approximate surface area is 277 Å². The molecule has 10 rings (SSSR count). The molecule has 0 aliphatic rings. The van der Waals surface area contributed by atoms with Crippen molar-refractivity contribution in [2.45, 2.75) is 0 Å². The lowest BCUT2D eigenvalue weighted by Crippen LogP contribution is -1.82. The Morgan fingerprint density at radius 2 is 0.542 bits per heavy atom. The van der Waals surface area contributed by atoms with Crippen LogP contribution in [0.2, 0.25) is 0 Å². The Hall–Kier alpha value is -6.38. The van der Waals surface area contributed by atoms with Crippen LogP contribution >= 0.6 is 0 Å². The lowest BCUT2D eigenvalue weighted by molar-refractivity contribution is 0.668. The van der Waals surface area contributed by atoms with Crippen LogP contribution in [0.25, 0.3) is 99.2 Å². The van der Waals surface area contributed by atoms with Gasteiger partial charge in [-0.05, 0) is 116 Å². The quantitative estimate of drug-likeness (QED) is 0.198. The van der Waals surface area contributed by atoms with Gasteiger partial charge in [-0.15, -0.1) is 0 Å². The first-order valence-corrected chi connectivity index (χ1v) is 16.3. The molecule has 2 heteroatoms. The van der Waals surface area contributed by atoms with E-state index in [0.29, 0.717) is 0 Å². The van der Waals surface area contributed by atoms with E-state index in [2.05, 4.69) is 170 Å². The molecule has 0 aliphatic heterocycles. The van der Waals surface area contributed by atoms with Crippen LogP contribution < -0.4 is 0 Å². The minimum absolute atomic E-state index is 0.903. The molecule has 0 saturated heterocycles. The standard InChI is InChI=1S/C46H28O2/c1-3-7-29(8-4-1)34-15-19-43-39(25-34)41-27-36(17-21-45(41)47-43)32-13-11-31-12-14-33(24-38(31)23-32)37-18-22-46-42(28-37)40-26-35(16-20-44(40)48-46)30-9-5-2-6-10-30/h1-28H. The summed E-state index contributed by atoms with van der Waals surface area (Å²) >= 11 is 0. The molecular weight excluding hydrogens is 585 g/mol. The summed E-state index contributed by atoms with van der Waals surface area (Å²) in [5.74, 6) is 0. The van der Waals surface area contributed by atoms with Crippen molar-refractivity contribution in [3.8, 4) is 44.5 Å². The van der Waals surface area contributed by atoms with Crippen molar-refractivity contribution in [2.75, 3.05) is 0 Å². The van der Waals surface area contributed by atoms with Crippen molar-refractivity contribution in [1.29, 1.82) is 0 Å². The smallest absolute Gasteiger partial charge is 0.135 e. The molecule has 0 aliphatic carbocycles. The molecule has 0 radical (unpaired) electrons. The first-order chi connectivity index (χ1) is 23.7. The van der Waals surface area contributed by atoms with Crippen molar-refractivity contribution in [3.05, 3.63) is 170 Å². The molecule has 0 spiro atoms. The molecule has 8 aromatic carbocycles. The third-order valence-electron chi connectivity index (χ3n) is 9.66. The zero-order valence-corrected chi connectivity index (χ0v) is 26.0. The van der Waals surface area contributed by atoms with Gasteiger partial charge in [0.25, 0.3) is 0 Å². The summed E-state index contributed by atoms with van der Waals surface area (Å²) in [6.07, 6.45) is 0. The largest absolute Gasteiger partial charge is 0.456 e. The lowest BCUT2D eigenvalue weighted by Gasteiger charge is -2.08. The van der Waals surface area contributed by atoms with Crippen LogP contribution in [0, 0.1) is 0 Å². The van der Waals surface area contributed by atoms with Crippen LogP contribution in [-0.2, 0) is 0 Å². The number of rotatable bonds is 4. The van der Waals surface area contributed by atoms with Crippen LogP contribution in [0.5, 0.6) is 0 Å². The van der Waals surface area contributed by atoms with Gasteiger partial charge in [0.2, 0.25) is 0 Å². The Balaban J connectivity index is 1.05. The van der Waals surface area contributed by atoms with Gasteiger partial charge in [-0.2, -0.15) is 0 Å². The minimum Gasteiger partial charge on any atom is -0.456 e. The predicted molar refractivity (Wildman–Crippen MR) is 200 cm³/mol. The number of hydrogen-bond acceptors (Lipinski definition) is 2. The molecule has 0 saturated carbocycles. The van der Waals surface area contributed by atoms with Gasteiger partial charge in [0.15, 0.2) is 0 Å². The topological polar surface area (TPSA) is 26.3 Å². The van der Waals surface area contributed by atoms with Crippen LogP contribution in [0.1, 0.15) is 0 Å². The molecule has 0 fully saturated rings. The summed E-state index contributed by atoms with van der Waals surface area (Å²) in [4.78, 5) is 0. The van der Waals surface area contributed by atoms with Crippen LogP contribution in [-0.4, -0.2) is 0 Å². The molecule has 0 N–H and O–H groups in total. The fraction of sp³-hybridized carbons (Fsp3) is 0. The molecule has 2 nitrogen and oxygen atoms in total. The maximum absolute atomic E-state index is 6.24. The molecular formula is C46H28O2. The Morgan fingerprint density at radius 1 is 0.229 bits per heavy atom. The average molecular weight is 613 g/mol. The second kappa shape index (κ2) is 10.6. The Kier molecular flexibility index (Phi) is 5.91. The molecule has 0 unspecified atom stereocenters. The van der Waals surface area contributed by atoms with E-state index in [0.717, 1.165) is 43.9 Å². The molecule has 0 bridgehead atoms. The Bertz CT molecular complexity index is 2630. The molecule has 2 heterocycles. The first kappa shape index (κ1) is 26.8. The van der Waals surface area contributed by atoms with Gasteiger partial charge < -0.3 is 8.83 Å². The average Bonchev–Trinajstić information content (AvgIpc) is 3.71. The van der Waals surface area contributed by atoms with Crippen molar-refractivity contribution >= 4 is 54.6 Å². The van der Waals surface area contributed by atoms with Crippen molar-refractivity contribution in [3.63, 3.8) is 0 Å². The monoisotopic (exact) mass is 612 g/mol. The van der Waals surface area contributed by atoms with Crippen LogP contribution in [0.3, 0.4) is 0 Å². The van der Waals surface area contributed by atoms with E-state index in [4.69, 9.17) is 8.83 Å². The normalized spacial score (nSPS) is 11.8. The van der Waals surface area contributed by atoms with Crippen molar-refractivity contribution < 1.29 is 8.83 Å². The van der Waals surface area contributed by atoms with Gasteiger partial charge in [-0.25, -0.2) is 0 Å². The summed E-state index contributed by atoms with van der Waals surface area (Å²) in [7, 11) is 0. The minimum atomic E-state index is 0.903. The molecule has 48 heavy (non-hydrogen) atoms. The molecule has 10 aromatic rings. The first-order valence-electron chi connectivity index (χ1n) is 16.3. The van der Waals surface area contributed by atoms with Gasteiger partial charge >= 0.3 is 0 Å². The van der Waals surface area contributed by atoms with E-state index in [1.54, 1.807) is 0 Å². The zero-order chi connectivity index (χ0) is 31.6. The fourth-order valence-electron chi connectivity index (χ4n) is 7.14. The second-order valence-corrected chi connectivity index (χ2v) is 12.6. The van der Waals surface area contributed by atoms with Gasteiger partial charge in [-0.1, -0.05) is 109 Å². The van der Waals surface area contributed by atoms with E-state index in [-0.39, 0.29) is 0 Å². The van der Waals surface area contributed by atoms with E-state index >= 15 is 0 Å². The fourth-order valence-corrected chi connectivity index (χ4v) is 7.14. The van der Waals surface area contributed by atoms with E-state index in [1.165, 1.54) is 55.3 Å². The lowest BCUT2D eigenvalue weighted by atomic mass is 9.96. The predicted octanol–water partition coefficient (Wildman–Crippen LogP) is 13.3. The van der Waals surface area contributed by atoms with E-state index in [1.807, 2.05) is 0 Å². The number of fused-ring (bicyclic) bond motifs is 7. The van der Waals surface area contributed by atoms with Crippen molar-refractivity contribution in [2.24, 2.45) is 0 Å². The van der Waals surface area contributed by atoms with Gasteiger partial charge in [0, 0.05) is 21.5 Å². The Morgan fingerprint density at radius 3 is 0.917 bits per heavy atom. The number of hydrogen-bond donors (Lipinski definition) is 0. The van der Waals surface area contributed by atoms with Crippen LogP contribution in [0.4, 0.5) is 0 Å².